The Morgan fingerprint density at radius 3 is 2.51 bits per heavy atom. The molecular weight excluding hydrogens is 504 g/mol. The minimum absolute atomic E-state index is 0.134. The number of fused-ring (bicyclic) bond motifs is 1. The highest BCUT2D eigenvalue weighted by molar-refractivity contribution is 7.99. The number of benzene rings is 2. The van der Waals surface area contributed by atoms with Crippen LogP contribution >= 0.6 is 23.1 Å². The normalized spacial score (nSPS) is 12.7. The molecule has 37 heavy (non-hydrogen) atoms. The maximum Gasteiger partial charge on any atom is 0.341 e. The number of thioether (sulfide) groups is 1. The predicted molar refractivity (Wildman–Crippen MR) is 148 cm³/mol. The molecule has 4 aromatic rings. The summed E-state index contributed by atoms with van der Waals surface area (Å²) in [6.07, 6.45) is 4.22. The standard InChI is InChI=1S/C28H28N4O3S2/c1-2-35-27(34)24-21-15-9-10-16-22(21)37-26(24)29-23(33)17-18-36-28-31-30-25(19-11-5-3-6-12-19)32(28)20-13-7-4-8-14-20/h3-8,11-14H,2,9-10,15-18H2,1H3,(H,29,33). The number of aromatic nitrogens is 3. The van der Waals surface area contributed by atoms with E-state index in [1.807, 2.05) is 65.2 Å². The molecule has 1 aliphatic rings. The molecule has 5 rings (SSSR count). The van der Waals surface area contributed by atoms with E-state index in [1.165, 1.54) is 28.0 Å². The lowest BCUT2D eigenvalue weighted by Crippen LogP contribution is -2.16. The first-order valence-electron chi connectivity index (χ1n) is 12.5. The summed E-state index contributed by atoms with van der Waals surface area (Å²) in [5.41, 5.74) is 3.51. The van der Waals surface area contributed by atoms with Crippen molar-refractivity contribution in [2.75, 3.05) is 17.7 Å². The molecule has 2 aromatic carbocycles. The number of aryl methyl sites for hydroxylation is 1. The highest BCUT2D eigenvalue weighted by atomic mass is 32.2. The van der Waals surface area contributed by atoms with Crippen molar-refractivity contribution < 1.29 is 14.3 Å². The quantitative estimate of drug-likeness (QED) is 0.205. The molecule has 0 spiro atoms. The van der Waals surface area contributed by atoms with E-state index in [9.17, 15) is 9.59 Å². The van der Waals surface area contributed by atoms with Crippen molar-refractivity contribution >= 4 is 40.0 Å². The number of carbonyl (C=O) groups is 2. The molecule has 190 valence electrons. The number of hydrogen-bond donors (Lipinski definition) is 1. The smallest absolute Gasteiger partial charge is 0.341 e. The van der Waals surface area contributed by atoms with Gasteiger partial charge >= 0.3 is 5.97 Å². The van der Waals surface area contributed by atoms with Crippen LogP contribution in [0.15, 0.2) is 65.8 Å². The van der Waals surface area contributed by atoms with Crippen molar-refractivity contribution in [2.24, 2.45) is 0 Å². The van der Waals surface area contributed by atoms with Gasteiger partial charge in [0.1, 0.15) is 5.00 Å². The van der Waals surface area contributed by atoms with E-state index in [0.717, 1.165) is 53.5 Å². The number of para-hydroxylation sites is 1. The molecule has 0 fully saturated rings. The summed E-state index contributed by atoms with van der Waals surface area (Å²) in [6, 6.07) is 19.9. The number of nitrogens with zero attached hydrogens (tertiary/aromatic N) is 3. The molecule has 1 aliphatic carbocycles. The fourth-order valence-corrected chi connectivity index (χ4v) is 6.63. The van der Waals surface area contributed by atoms with Crippen molar-refractivity contribution in [1.29, 1.82) is 0 Å². The zero-order valence-corrected chi connectivity index (χ0v) is 22.2. The Labute approximate surface area is 224 Å². The lowest BCUT2D eigenvalue weighted by atomic mass is 9.95. The van der Waals surface area contributed by atoms with Crippen LogP contribution in [0.5, 0.6) is 0 Å². The van der Waals surface area contributed by atoms with Crippen LogP contribution in [0.1, 0.15) is 47.0 Å². The summed E-state index contributed by atoms with van der Waals surface area (Å²) in [7, 11) is 0. The van der Waals surface area contributed by atoms with Gasteiger partial charge in [-0.05, 0) is 50.3 Å². The first-order valence-corrected chi connectivity index (χ1v) is 14.3. The van der Waals surface area contributed by atoms with Crippen LogP contribution < -0.4 is 5.32 Å². The lowest BCUT2D eigenvalue weighted by molar-refractivity contribution is -0.115. The molecule has 0 saturated heterocycles. The second kappa shape index (κ2) is 11.7. The van der Waals surface area contributed by atoms with Crippen molar-refractivity contribution in [2.45, 2.75) is 44.2 Å². The number of esters is 1. The van der Waals surface area contributed by atoms with Crippen LogP contribution in [0.25, 0.3) is 17.1 Å². The Hall–Kier alpha value is -3.43. The van der Waals surface area contributed by atoms with Gasteiger partial charge in [-0.15, -0.1) is 21.5 Å². The van der Waals surface area contributed by atoms with Crippen molar-refractivity contribution in [1.82, 2.24) is 14.8 Å². The highest BCUT2D eigenvalue weighted by Gasteiger charge is 2.27. The van der Waals surface area contributed by atoms with Gasteiger partial charge in [0.05, 0.1) is 12.2 Å². The summed E-state index contributed by atoms with van der Waals surface area (Å²) in [4.78, 5) is 26.8. The molecule has 2 heterocycles. The third-order valence-corrected chi connectivity index (χ3v) is 8.28. The van der Waals surface area contributed by atoms with E-state index < -0.39 is 0 Å². The predicted octanol–water partition coefficient (Wildman–Crippen LogP) is 6.17. The Morgan fingerprint density at radius 1 is 1.03 bits per heavy atom. The van der Waals surface area contributed by atoms with Crippen molar-refractivity contribution in [3.8, 4) is 17.1 Å². The molecule has 0 unspecified atom stereocenters. The second-order valence-corrected chi connectivity index (χ2v) is 10.8. The van der Waals surface area contributed by atoms with Gasteiger partial charge in [-0.25, -0.2) is 4.79 Å². The van der Waals surface area contributed by atoms with Gasteiger partial charge < -0.3 is 10.1 Å². The number of nitrogens with one attached hydrogen (secondary N) is 1. The molecule has 2 aromatic heterocycles. The fraction of sp³-hybridized carbons (Fsp3) is 0.286. The molecule has 0 saturated carbocycles. The number of ether oxygens (including phenoxy) is 1. The Kier molecular flexibility index (Phi) is 8.01. The maximum absolute atomic E-state index is 12.9. The van der Waals surface area contributed by atoms with Gasteiger partial charge in [-0.1, -0.05) is 60.3 Å². The largest absolute Gasteiger partial charge is 0.462 e. The zero-order chi connectivity index (χ0) is 25.6. The topological polar surface area (TPSA) is 86.1 Å². The summed E-state index contributed by atoms with van der Waals surface area (Å²) < 4.78 is 7.32. The van der Waals surface area contributed by atoms with Crippen LogP contribution in [-0.2, 0) is 22.4 Å². The first-order chi connectivity index (χ1) is 18.2. The van der Waals surface area contributed by atoms with Crippen LogP contribution in [0.4, 0.5) is 5.00 Å². The Balaban J connectivity index is 1.30. The van der Waals surface area contributed by atoms with Gasteiger partial charge in [0.25, 0.3) is 0 Å². The number of amides is 1. The Bertz CT molecular complexity index is 1380. The molecule has 0 aliphatic heterocycles. The molecule has 7 nitrogen and oxygen atoms in total. The van der Waals surface area contributed by atoms with Gasteiger partial charge in [-0.2, -0.15) is 0 Å². The van der Waals surface area contributed by atoms with Gasteiger partial charge in [0.15, 0.2) is 11.0 Å². The molecule has 9 heteroatoms. The van der Waals surface area contributed by atoms with E-state index in [0.29, 0.717) is 22.9 Å². The van der Waals surface area contributed by atoms with Gasteiger partial charge in [0, 0.05) is 28.3 Å². The molecule has 0 radical (unpaired) electrons. The second-order valence-electron chi connectivity index (χ2n) is 8.63. The third kappa shape index (κ3) is 5.62. The van der Waals surface area contributed by atoms with E-state index in [4.69, 9.17) is 4.74 Å². The number of carbonyl (C=O) groups excluding carboxylic acids is 2. The average molecular weight is 533 g/mol. The number of thiophene rings is 1. The minimum atomic E-state index is -0.351. The maximum atomic E-state index is 12.9. The number of rotatable bonds is 9. The summed E-state index contributed by atoms with van der Waals surface area (Å²) in [5.74, 6) is 0.787. The molecular formula is C28H28N4O3S2. The molecule has 1 amide bonds. The summed E-state index contributed by atoms with van der Waals surface area (Å²) >= 11 is 2.99. The number of anilines is 1. The highest BCUT2D eigenvalue weighted by Crippen LogP contribution is 2.39. The monoisotopic (exact) mass is 532 g/mol. The van der Waals surface area contributed by atoms with Gasteiger partial charge in [0.2, 0.25) is 5.91 Å². The van der Waals surface area contributed by atoms with E-state index in [1.54, 1.807) is 6.92 Å². The van der Waals surface area contributed by atoms with Crippen LogP contribution in [0, 0.1) is 0 Å². The lowest BCUT2D eigenvalue weighted by Gasteiger charge is -2.12. The van der Waals surface area contributed by atoms with E-state index in [2.05, 4.69) is 15.5 Å². The Morgan fingerprint density at radius 2 is 1.76 bits per heavy atom. The summed E-state index contributed by atoms with van der Waals surface area (Å²) in [5, 5.41) is 13.2. The number of hydrogen-bond acceptors (Lipinski definition) is 7. The first kappa shape index (κ1) is 25.2. The third-order valence-electron chi connectivity index (χ3n) is 6.14. The van der Waals surface area contributed by atoms with Crippen LogP contribution in [0.2, 0.25) is 0 Å². The van der Waals surface area contributed by atoms with Crippen molar-refractivity contribution in [3.63, 3.8) is 0 Å². The minimum Gasteiger partial charge on any atom is -0.462 e. The average Bonchev–Trinajstić information content (AvgIpc) is 3.51. The molecule has 1 N–H and O–H groups in total. The van der Waals surface area contributed by atoms with E-state index in [-0.39, 0.29) is 18.3 Å². The van der Waals surface area contributed by atoms with Crippen molar-refractivity contribution in [3.05, 3.63) is 76.7 Å². The molecule has 0 bridgehead atoms. The van der Waals surface area contributed by atoms with Gasteiger partial charge in [-0.3, -0.25) is 9.36 Å². The van der Waals surface area contributed by atoms with E-state index >= 15 is 0 Å². The summed E-state index contributed by atoms with van der Waals surface area (Å²) in [6.45, 7) is 2.10. The molecule has 0 atom stereocenters. The van der Waals surface area contributed by atoms with Crippen LogP contribution in [-0.4, -0.2) is 39.0 Å². The SMILES string of the molecule is CCOC(=O)c1c(NC(=O)CCSc2nnc(-c3ccccc3)n2-c2ccccc2)sc2c1CCCC2. The zero-order valence-electron chi connectivity index (χ0n) is 20.6. The van der Waals surface area contributed by atoms with Crippen LogP contribution in [0.3, 0.4) is 0 Å². The fourth-order valence-electron chi connectivity index (χ4n) is 4.44.